The van der Waals surface area contributed by atoms with Crippen LogP contribution in [0.25, 0.3) is 11.3 Å². The first-order valence-corrected chi connectivity index (χ1v) is 8.27. The highest BCUT2D eigenvalue weighted by atomic mass is 35.5. The molecule has 1 aromatic carbocycles. The largest absolute Gasteiger partial charge is 0.506 e. The number of nitrogens with zero attached hydrogens (tertiary/aromatic N) is 3. The fourth-order valence-corrected chi connectivity index (χ4v) is 3.01. The van der Waals surface area contributed by atoms with Gasteiger partial charge in [0.2, 0.25) is 0 Å². The van der Waals surface area contributed by atoms with E-state index in [4.69, 9.17) is 11.6 Å². The maximum atomic E-state index is 12.7. The van der Waals surface area contributed by atoms with Crippen molar-refractivity contribution in [2.75, 3.05) is 33.2 Å². The molecule has 0 atom stereocenters. The van der Waals surface area contributed by atoms with E-state index in [1.54, 1.807) is 30.5 Å². The van der Waals surface area contributed by atoms with Crippen molar-refractivity contribution in [1.82, 2.24) is 14.8 Å². The van der Waals surface area contributed by atoms with Gasteiger partial charge in [0.25, 0.3) is 5.91 Å². The number of phenolic OH excluding ortho intramolecular Hbond substituents is 1. The molecule has 24 heavy (non-hydrogen) atoms. The minimum absolute atomic E-state index is 0.0225. The lowest BCUT2D eigenvalue weighted by molar-refractivity contribution is 0.0664. The highest BCUT2D eigenvalue weighted by Gasteiger charge is 2.21. The van der Waals surface area contributed by atoms with Crippen molar-refractivity contribution in [3.8, 4) is 17.0 Å². The maximum Gasteiger partial charge on any atom is 0.254 e. The van der Waals surface area contributed by atoms with Crippen LogP contribution in [0.15, 0.2) is 30.5 Å². The number of hydrogen-bond acceptors (Lipinski definition) is 4. The Morgan fingerprint density at radius 1 is 1.21 bits per heavy atom. The fourth-order valence-electron chi connectivity index (χ4n) is 2.85. The van der Waals surface area contributed by atoms with E-state index in [-0.39, 0.29) is 16.7 Å². The minimum atomic E-state index is 0.0225. The highest BCUT2D eigenvalue weighted by molar-refractivity contribution is 6.32. The molecule has 126 valence electrons. The van der Waals surface area contributed by atoms with Gasteiger partial charge in [0.15, 0.2) is 0 Å². The molecule has 1 fully saturated rings. The van der Waals surface area contributed by atoms with Gasteiger partial charge in [-0.2, -0.15) is 0 Å². The Kier molecular flexibility index (Phi) is 4.73. The van der Waals surface area contributed by atoms with Crippen LogP contribution in [0.4, 0.5) is 0 Å². The summed E-state index contributed by atoms with van der Waals surface area (Å²) in [5.74, 6) is 0.0665. The topological polar surface area (TPSA) is 56.7 Å². The Bertz CT molecular complexity index is 771. The number of rotatable bonds is 2. The van der Waals surface area contributed by atoms with Crippen LogP contribution in [-0.4, -0.2) is 59.0 Å². The predicted octanol–water partition coefficient (Wildman–Crippen LogP) is 2.80. The van der Waals surface area contributed by atoms with Gasteiger partial charge < -0.3 is 14.9 Å². The lowest BCUT2D eigenvalue weighted by Crippen LogP contribution is -2.47. The van der Waals surface area contributed by atoms with E-state index < -0.39 is 0 Å². The summed E-state index contributed by atoms with van der Waals surface area (Å²) >= 11 is 6.02. The van der Waals surface area contributed by atoms with Crippen molar-refractivity contribution >= 4 is 17.5 Å². The number of phenols is 1. The predicted molar refractivity (Wildman–Crippen MR) is 94.5 cm³/mol. The van der Waals surface area contributed by atoms with Crippen LogP contribution in [0.2, 0.25) is 5.02 Å². The molecule has 1 amide bonds. The van der Waals surface area contributed by atoms with E-state index in [1.165, 1.54) is 0 Å². The lowest BCUT2D eigenvalue weighted by Gasteiger charge is -2.32. The van der Waals surface area contributed by atoms with Crippen molar-refractivity contribution in [1.29, 1.82) is 0 Å². The van der Waals surface area contributed by atoms with Crippen LogP contribution in [0, 0.1) is 6.92 Å². The number of piperazine rings is 1. The molecule has 6 heteroatoms. The van der Waals surface area contributed by atoms with Gasteiger partial charge in [0.1, 0.15) is 5.75 Å². The van der Waals surface area contributed by atoms with Crippen molar-refractivity contribution in [3.05, 3.63) is 46.6 Å². The zero-order valence-corrected chi connectivity index (χ0v) is 14.5. The minimum Gasteiger partial charge on any atom is -0.506 e. The Morgan fingerprint density at radius 3 is 2.62 bits per heavy atom. The molecule has 0 saturated carbocycles. The van der Waals surface area contributed by atoms with Crippen molar-refractivity contribution < 1.29 is 9.90 Å². The Hall–Kier alpha value is -2.11. The number of carbonyl (C=O) groups excluding carboxylic acids is 1. The summed E-state index contributed by atoms with van der Waals surface area (Å²) in [7, 11) is 2.06. The van der Waals surface area contributed by atoms with Crippen molar-refractivity contribution in [3.63, 3.8) is 0 Å². The number of hydrogen-bond donors (Lipinski definition) is 1. The highest BCUT2D eigenvalue weighted by Crippen LogP contribution is 2.32. The molecule has 0 radical (unpaired) electrons. The third-order valence-corrected chi connectivity index (χ3v) is 4.67. The molecule has 1 aliphatic rings. The van der Waals surface area contributed by atoms with Crippen molar-refractivity contribution in [2.24, 2.45) is 0 Å². The van der Waals surface area contributed by atoms with Gasteiger partial charge in [-0.3, -0.25) is 9.78 Å². The Labute approximate surface area is 146 Å². The number of likely N-dealkylation sites (N-methyl/N-ethyl adjacent to an activating group) is 1. The summed E-state index contributed by atoms with van der Waals surface area (Å²) in [6.07, 6.45) is 1.64. The summed E-state index contributed by atoms with van der Waals surface area (Å²) in [4.78, 5) is 21.2. The zero-order valence-electron chi connectivity index (χ0n) is 13.8. The number of amides is 1. The quantitative estimate of drug-likeness (QED) is 0.909. The third kappa shape index (κ3) is 3.37. The van der Waals surface area contributed by atoms with Crippen molar-refractivity contribution in [2.45, 2.75) is 6.92 Å². The summed E-state index contributed by atoms with van der Waals surface area (Å²) in [6, 6.07) is 6.81. The summed E-state index contributed by atoms with van der Waals surface area (Å²) in [5, 5.41) is 9.96. The molecule has 0 spiro atoms. The third-order valence-electron chi connectivity index (χ3n) is 4.37. The molecule has 3 rings (SSSR count). The molecule has 1 saturated heterocycles. The molecule has 1 N–H and O–H groups in total. The molecule has 1 aromatic heterocycles. The van der Waals surface area contributed by atoms with Crippen LogP contribution in [-0.2, 0) is 0 Å². The van der Waals surface area contributed by atoms with Gasteiger partial charge in [-0.15, -0.1) is 0 Å². The average molecular weight is 346 g/mol. The van der Waals surface area contributed by atoms with Crippen LogP contribution < -0.4 is 0 Å². The van der Waals surface area contributed by atoms with E-state index in [2.05, 4.69) is 16.9 Å². The first kappa shape index (κ1) is 16.7. The molecule has 2 aromatic rings. The van der Waals surface area contributed by atoms with E-state index in [9.17, 15) is 9.90 Å². The molecular formula is C18H20ClN3O2. The molecule has 0 aliphatic carbocycles. The second-order valence-corrected chi connectivity index (χ2v) is 6.55. The van der Waals surface area contributed by atoms with Gasteiger partial charge >= 0.3 is 0 Å². The van der Waals surface area contributed by atoms with E-state index in [0.29, 0.717) is 11.3 Å². The van der Waals surface area contributed by atoms with E-state index >= 15 is 0 Å². The van der Waals surface area contributed by atoms with E-state index in [1.807, 2.05) is 11.8 Å². The maximum absolute atomic E-state index is 12.7. The first-order valence-electron chi connectivity index (χ1n) is 7.89. The number of aryl methyl sites for hydroxylation is 1. The smallest absolute Gasteiger partial charge is 0.254 e. The number of benzene rings is 1. The fraction of sp³-hybridized carbons (Fsp3) is 0.333. The normalized spacial score (nSPS) is 15.5. The Balaban J connectivity index is 1.89. The number of carbonyl (C=O) groups is 1. The summed E-state index contributed by atoms with van der Waals surface area (Å²) in [5.41, 5.74) is 2.96. The molecule has 2 heterocycles. The molecular weight excluding hydrogens is 326 g/mol. The van der Waals surface area contributed by atoms with Crippen LogP contribution in [0.5, 0.6) is 5.75 Å². The summed E-state index contributed by atoms with van der Waals surface area (Å²) < 4.78 is 0. The van der Waals surface area contributed by atoms with Crippen LogP contribution in [0.1, 0.15) is 15.9 Å². The van der Waals surface area contributed by atoms with Crippen LogP contribution >= 0.6 is 11.6 Å². The van der Waals surface area contributed by atoms with Gasteiger partial charge in [-0.05, 0) is 43.8 Å². The molecule has 1 aliphatic heterocycles. The second kappa shape index (κ2) is 6.79. The molecule has 0 unspecified atom stereocenters. The van der Waals surface area contributed by atoms with Crippen LogP contribution in [0.3, 0.4) is 0 Å². The number of aromatic hydroxyl groups is 1. The SMILES string of the molecule is Cc1cc(O)c(Cl)cc1-c1cc(C(=O)N2CCN(C)CC2)ccn1. The first-order chi connectivity index (χ1) is 11.5. The van der Waals surface area contributed by atoms with Gasteiger partial charge in [-0.1, -0.05) is 11.6 Å². The second-order valence-electron chi connectivity index (χ2n) is 6.14. The van der Waals surface area contributed by atoms with E-state index in [0.717, 1.165) is 37.3 Å². The number of aromatic nitrogens is 1. The van der Waals surface area contributed by atoms with Gasteiger partial charge in [0.05, 0.1) is 10.7 Å². The number of pyridine rings is 1. The molecule has 5 nitrogen and oxygen atoms in total. The number of halogens is 1. The van der Waals surface area contributed by atoms with Gasteiger partial charge in [0, 0.05) is 43.5 Å². The monoisotopic (exact) mass is 345 g/mol. The lowest BCUT2D eigenvalue weighted by atomic mass is 10.0. The molecule has 0 bridgehead atoms. The zero-order chi connectivity index (χ0) is 17.3. The standard InChI is InChI=1S/C18H20ClN3O2/c1-12-9-17(23)15(19)11-14(12)16-10-13(3-4-20-16)18(24)22-7-5-21(2)6-8-22/h3-4,9-11,23H,5-8H2,1-2H3. The summed E-state index contributed by atoms with van der Waals surface area (Å²) in [6.45, 7) is 5.11. The average Bonchev–Trinajstić information content (AvgIpc) is 2.58. The van der Waals surface area contributed by atoms with Gasteiger partial charge in [-0.25, -0.2) is 0 Å². The Morgan fingerprint density at radius 2 is 1.92 bits per heavy atom.